The largest absolute Gasteiger partial charge is 0.384 e. The van der Waals surface area contributed by atoms with E-state index in [4.69, 9.17) is 16.3 Å². The number of halogens is 1. The van der Waals surface area contributed by atoms with E-state index in [1.54, 1.807) is 7.11 Å². The lowest BCUT2D eigenvalue weighted by molar-refractivity contribution is 0.158. The van der Waals surface area contributed by atoms with Crippen molar-refractivity contribution in [1.82, 2.24) is 14.8 Å². The first-order valence-corrected chi connectivity index (χ1v) is 5.72. The molecule has 0 aliphatic carbocycles. The van der Waals surface area contributed by atoms with Crippen LogP contribution < -0.4 is 0 Å². The third kappa shape index (κ3) is 3.18. The smallest absolute Gasteiger partial charge is 0.147 e. The maximum absolute atomic E-state index is 5.77. The summed E-state index contributed by atoms with van der Waals surface area (Å²) in [5, 5.41) is 8.21. The van der Waals surface area contributed by atoms with Gasteiger partial charge in [0.1, 0.15) is 11.6 Å². The van der Waals surface area contributed by atoms with E-state index in [-0.39, 0.29) is 0 Å². The number of aromatic nitrogens is 3. The van der Waals surface area contributed by atoms with Gasteiger partial charge in [-0.2, -0.15) is 0 Å². The van der Waals surface area contributed by atoms with Gasteiger partial charge >= 0.3 is 0 Å². The molecule has 0 aliphatic rings. The molecule has 0 aliphatic heterocycles. The molecule has 0 fully saturated rings. The van der Waals surface area contributed by atoms with E-state index < -0.39 is 0 Å². The summed E-state index contributed by atoms with van der Waals surface area (Å²) in [5.41, 5.74) is 0. The Morgan fingerprint density at radius 1 is 1.40 bits per heavy atom. The number of rotatable bonds is 6. The molecule has 0 N–H and O–H groups in total. The second kappa shape index (κ2) is 6.08. The number of methoxy groups -OCH3 is 1. The van der Waals surface area contributed by atoms with Crippen molar-refractivity contribution >= 4 is 11.6 Å². The van der Waals surface area contributed by atoms with Gasteiger partial charge in [0.15, 0.2) is 0 Å². The van der Waals surface area contributed by atoms with Crippen molar-refractivity contribution in [1.29, 1.82) is 0 Å². The number of hydrogen-bond donors (Lipinski definition) is 0. The number of nitrogens with zero attached hydrogens (tertiary/aromatic N) is 3. The fraction of sp³-hybridized carbons (Fsp3) is 0.800. The summed E-state index contributed by atoms with van der Waals surface area (Å²) in [6, 6.07) is 0. The van der Waals surface area contributed by atoms with Gasteiger partial charge in [0, 0.05) is 26.7 Å². The Balaban J connectivity index is 2.71. The molecule has 0 spiro atoms. The van der Waals surface area contributed by atoms with E-state index in [0.717, 1.165) is 31.2 Å². The highest BCUT2D eigenvalue weighted by molar-refractivity contribution is 6.16. The maximum Gasteiger partial charge on any atom is 0.147 e. The molecule has 0 saturated heterocycles. The highest BCUT2D eigenvalue weighted by Crippen LogP contribution is 2.10. The van der Waals surface area contributed by atoms with Crippen LogP contribution in [0.15, 0.2) is 0 Å². The summed E-state index contributed by atoms with van der Waals surface area (Å²) in [7, 11) is 1.71. The summed E-state index contributed by atoms with van der Waals surface area (Å²) < 4.78 is 7.17. The topological polar surface area (TPSA) is 39.9 Å². The number of hydrogen-bond acceptors (Lipinski definition) is 3. The zero-order valence-electron chi connectivity index (χ0n) is 9.53. The van der Waals surface area contributed by atoms with Crippen LogP contribution in [0.4, 0.5) is 0 Å². The van der Waals surface area contributed by atoms with Crippen LogP contribution in [0.5, 0.6) is 0 Å². The maximum atomic E-state index is 5.77. The van der Waals surface area contributed by atoms with Gasteiger partial charge in [-0.1, -0.05) is 6.92 Å². The quantitative estimate of drug-likeness (QED) is 0.702. The van der Waals surface area contributed by atoms with Crippen molar-refractivity contribution in [3.05, 3.63) is 11.6 Å². The van der Waals surface area contributed by atoms with Crippen LogP contribution in [0.2, 0.25) is 0 Å². The molecule has 1 aromatic rings. The molecular weight excluding hydrogens is 214 g/mol. The van der Waals surface area contributed by atoms with Crippen LogP contribution in [0.1, 0.15) is 25.5 Å². The third-order valence-corrected chi connectivity index (χ3v) is 2.56. The van der Waals surface area contributed by atoms with E-state index in [9.17, 15) is 0 Å². The second-order valence-corrected chi connectivity index (χ2v) is 3.94. The summed E-state index contributed by atoms with van der Waals surface area (Å²) in [4.78, 5) is 0. The van der Waals surface area contributed by atoms with Gasteiger partial charge in [-0.25, -0.2) is 0 Å². The number of alkyl halides is 1. The molecule has 1 atom stereocenters. The summed E-state index contributed by atoms with van der Waals surface area (Å²) in [6.45, 7) is 5.82. The zero-order chi connectivity index (χ0) is 11.3. The highest BCUT2D eigenvalue weighted by Gasteiger charge is 2.12. The zero-order valence-corrected chi connectivity index (χ0v) is 10.3. The van der Waals surface area contributed by atoms with Crippen LogP contribution in [-0.2, 0) is 23.6 Å². The lowest BCUT2D eigenvalue weighted by Gasteiger charge is -2.10. The average molecular weight is 232 g/mol. The molecule has 0 saturated carbocycles. The molecule has 0 amide bonds. The Morgan fingerprint density at radius 2 is 2.07 bits per heavy atom. The molecule has 0 radical (unpaired) electrons. The summed E-state index contributed by atoms with van der Waals surface area (Å²) in [5.74, 6) is 2.71. The van der Waals surface area contributed by atoms with E-state index >= 15 is 0 Å². The molecule has 1 aromatic heterocycles. The average Bonchev–Trinajstić information content (AvgIpc) is 2.60. The van der Waals surface area contributed by atoms with Crippen LogP contribution in [0, 0.1) is 5.92 Å². The van der Waals surface area contributed by atoms with Crippen LogP contribution in [-0.4, -0.2) is 28.5 Å². The summed E-state index contributed by atoms with van der Waals surface area (Å²) in [6.07, 6.45) is 0.881. The predicted molar refractivity (Wildman–Crippen MR) is 60.0 cm³/mol. The molecule has 1 rings (SSSR count). The molecule has 86 valence electrons. The minimum atomic E-state index is 0.416. The molecule has 1 heterocycles. The van der Waals surface area contributed by atoms with Crippen molar-refractivity contribution in [3.63, 3.8) is 0 Å². The van der Waals surface area contributed by atoms with Crippen molar-refractivity contribution in [2.45, 2.75) is 32.7 Å². The first-order chi connectivity index (χ1) is 7.22. The highest BCUT2D eigenvalue weighted by atomic mass is 35.5. The van der Waals surface area contributed by atoms with Crippen LogP contribution in [0.3, 0.4) is 0 Å². The minimum Gasteiger partial charge on any atom is -0.384 e. The monoisotopic (exact) mass is 231 g/mol. The standard InChI is InChI=1S/C10H18ClN3O/c1-4-14-9(5-8(2)7-15-3)12-13-10(14)6-11/h8H,4-7H2,1-3H3. The van der Waals surface area contributed by atoms with Gasteiger partial charge in [-0.15, -0.1) is 21.8 Å². The Morgan fingerprint density at radius 3 is 2.60 bits per heavy atom. The lowest BCUT2D eigenvalue weighted by Crippen LogP contribution is -2.12. The first kappa shape index (κ1) is 12.5. The van der Waals surface area contributed by atoms with Crippen molar-refractivity contribution in [3.8, 4) is 0 Å². The fourth-order valence-corrected chi connectivity index (χ4v) is 1.84. The van der Waals surface area contributed by atoms with Gasteiger partial charge in [0.25, 0.3) is 0 Å². The lowest BCUT2D eigenvalue weighted by atomic mass is 10.1. The SMILES string of the molecule is CCn1c(CCl)nnc1CC(C)COC. The van der Waals surface area contributed by atoms with Crippen molar-refractivity contribution in [2.24, 2.45) is 5.92 Å². The fourth-order valence-electron chi connectivity index (χ4n) is 1.64. The predicted octanol–water partition coefficient (Wildman–Crippen LogP) is 1.86. The Kier molecular flexibility index (Phi) is 5.05. The van der Waals surface area contributed by atoms with Crippen molar-refractivity contribution in [2.75, 3.05) is 13.7 Å². The Bertz CT molecular complexity index is 301. The Labute approximate surface area is 95.6 Å². The minimum absolute atomic E-state index is 0.416. The normalized spacial score (nSPS) is 13.1. The molecule has 0 aromatic carbocycles. The first-order valence-electron chi connectivity index (χ1n) is 5.18. The summed E-state index contributed by atoms with van der Waals surface area (Å²) >= 11 is 5.77. The Hall–Kier alpha value is -0.610. The van der Waals surface area contributed by atoms with Crippen LogP contribution >= 0.6 is 11.6 Å². The van der Waals surface area contributed by atoms with E-state index in [0.29, 0.717) is 11.8 Å². The van der Waals surface area contributed by atoms with Gasteiger partial charge in [-0.05, 0) is 12.8 Å². The van der Waals surface area contributed by atoms with Gasteiger partial charge in [0.2, 0.25) is 0 Å². The van der Waals surface area contributed by atoms with Gasteiger partial charge in [-0.3, -0.25) is 0 Å². The molecule has 0 bridgehead atoms. The molecule has 15 heavy (non-hydrogen) atoms. The van der Waals surface area contributed by atoms with Gasteiger partial charge in [0.05, 0.1) is 5.88 Å². The van der Waals surface area contributed by atoms with E-state index in [2.05, 4.69) is 28.6 Å². The van der Waals surface area contributed by atoms with E-state index in [1.807, 2.05) is 0 Å². The van der Waals surface area contributed by atoms with Crippen LogP contribution in [0.25, 0.3) is 0 Å². The molecule has 4 nitrogen and oxygen atoms in total. The molecular formula is C10H18ClN3O. The third-order valence-electron chi connectivity index (χ3n) is 2.32. The number of ether oxygens (including phenoxy) is 1. The molecule has 1 unspecified atom stereocenters. The molecule has 5 heteroatoms. The van der Waals surface area contributed by atoms with Crippen molar-refractivity contribution < 1.29 is 4.74 Å². The second-order valence-electron chi connectivity index (χ2n) is 3.67. The van der Waals surface area contributed by atoms with E-state index in [1.165, 1.54) is 0 Å². The van der Waals surface area contributed by atoms with Gasteiger partial charge < -0.3 is 9.30 Å².